The number of aryl methyl sites for hydroxylation is 1. The molecule has 1 saturated carbocycles. The summed E-state index contributed by atoms with van der Waals surface area (Å²) in [7, 11) is 1.65. The van der Waals surface area contributed by atoms with Gasteiger partial charge in [0.1, 0.15) is 5.56 Å². The van der Waals surface area contributed by atoms with Crippen molar-refractivity contribution >= 4 is 28.6 Å². The Bertz CT molecular complexity index is 1430. The van der Waals surface area contributed by atoms with E-state index in [1.54, 1.807) is 19.3 Å². The van der Waals surface area contributed by atoms with Crippen LogP contribution in [0, 0.1) is 17.2 Å². The Kier molecular flexibility index (Phi) is 19.2. The maximum atomic E-state index is 13.3. The van der Waals surface area contributed by atoms with Crippen LogP contribution in [0.2, 0.25) is 0 Å². The van der Waals surface area contributed by atoms with Crippen LogP contribution in [-0.2, 0) is 30.3 Å². The Labute approximate surface area is 296 Å². The number of hydrogen-bond acceptors (Lipinski definition) is 8. The summed E-state index contributed by atoms with van der Waals surface area (Å²) in [5.74, 6) is -0.194. The smallest absolute Gasteiger partial charge is 0.256 e. The summed E-state index contributed by atoms with van der Waals surface area (Å²) in [6, 6.07) is 9.55. The second-order valence-corrected chi connectivity index (χ2v) is 13.1. The van der Waals surface area contributed by atoms with Gasteiger partial charge in [-0.2, -0.15) is 5.26 Å². The van der Waals surface area contributed by atoms with Gasteiger partial charge in [-0.1, -0.05) is 31.9 Å². The van der Waals surface area contributed by atoms with Crippen LogP contribution in [0.15, 0.2) is 35.3 Å². The highest BCUT2D eigenvalue weighted by Crippen LogP contribution is 2.28. The molecule has 1 heterocycles. The minimum atomic E-state index is -0.316. The van der Waals surface area contributed by atoms with Gasteiger partial charge >= 0.3 is 0 Å². The van der Waals surface area contributed by atoms with Gasteiger partial charge in [0.25, 0.3) is 5.91 Å². The average molecular weight is 696 g/mol. The second-order valence-electron chi connectivity index (χ2n) is 13.1. The summed E-state index contributed by atoms with van der Waals surface area (Å²) in [6.45, 7) is 6.36. The van der Waals surface area contributed by atoms with E-state index in [0.29, 0.717) is 76.8 Å². The van der Waals surface area contributed by atoms with Crippen molar-refractivity contribution in [3.8, 4) is 6.07 Å². The minimum absolute atomic E-state index is 0.00384. The number of nitriles is 1. The van der Waals surface area contributed by atoms with Crippen LogP contribution in [0.4, 0.5) is 0 Å². The standard InChI is InChI=1S/C38H57N5O7/c1-3-4-8-21-43-28-33(37(46)32-11-5-6-12-34(32)43)38(47)41-31-16-13-30(14-17-31)15-18-36(45)42(2)29-35(44)40-20-10-23-49-25-27-50-26-24-48-22-9-7-19-39/h5-6,11-12,28,30-31H,3-4,7-10,13-18,20-27,29H2,1-2H3,(H,40,44)(H,41,47)/t30-,31+. The number of carbonyl (C=O) groups is 3. The number of rotatable bonds is 24. The van der Waals surface area contributed by atoms with Crippen molar-refractivity contribution in [2.45, 2.75) is 96.6 Å². The summed E-state index contributed by atoms with van der Waals surface area (Å²) in [6.07, 6.45) is 11.3. The summed E-state index contributed by atoms with van der Waals surface area (Å²) >= 11 is 0. The van der Waals surface area contributed by atoms with Gasteiger partial charge in [-0.05, 0) is 69.4 Å². The molecule has 50 heavy (non-hydrogen) atoms. The summed E-state index contributed by atoms with van der Waals surface area (Å²) in [5, 5.41) is 15.0. The van der Waals surface area contributed by atoms with E-state index in [1.807, 2.05) is 22.8 Å². The number of aromatic nitrogens is 1. The van der Waals surface area contributed by atoms with Gasteiger partial charge < -0.3 is 34.3 Å². The minimum Gasteiger partial charge on any atom is -0.379 e. The second kappa shape index (κ2) is 23.6. The highest BCUT2D eigenvalue weighted by atomic mass is 16.5. The lowest BCUT2D eigenvalue weighted by atomic mass is 9.83. The number of carbonyl (C=O) groups excluding carboxylic acids is 3. The summed E-state index contributed by atoms with van der Waals surface area (Å²) in [5.41, 5.74) is 0.816. The topological polar surface area (TPSA) is 152 Å². The lowest BCUT2D eigenvalue weighted by Gasteiger charge is -2.29. The molecule has 0 radical (unpaired) electrons. The number of benzene rings is 1. The lowest BCUT2D eigenvalue weighted by molar-refractivity contribution is -0.135. The molecule has 12 nitrogen and oxygen atoms in total. The number of ether oxygens (including phenoxy) is 3. The van der Waals surface area contributed by atoms with Crippen molar-refractivity contribution in [2.75, 3.05) is 59.8 Å². The van der Waals surface area contributed by atoms with Crippen LogP contribution in [0.25, 0.3) is 10.9 Å². The first kappa shape index (κ1) is 40.6. The number of amides is 3. The van der Waals surface area contributed by atoms with E-state index < -0.39 is 0 Å². The van der Waals surface area contributed by atoms with Crippen LogP contribution in [-0.4, -0.2) is 93.0 Å². The van der Waals surface area contributed by atoms with Crippen molar-refractivity contribution in [2.24, 2.45) is 5.92 Å². The van der Waals surface area contributed by atoms with E-state index >= 15 is 0 Å². The third-order valence-electron chi connectivity index (χ3n) is 9.10. The van der Waals surface area contributed by atoms with Gasteiger partial charge in [-0.3, -0.25) is 19.2 Å². The normalized spacial score (nSPS) is 15.8. The SMILES string of the molecule is CCCCCn1cc(C(=O)N[C@H]2CC[C@@H](CCC(=O)N(C)CC(=O)NCCCOCCOCCOCCCC#N)CC2)c(=O)c2ccccc21. The van der Waals surface area contributed by atoms with E-state index in [-0.39, 0.29) is 41.3 Å². The molecule has 1 fully saturated rings. The molecule has 0 aliphatic heterocycles. The predicted molar refractivity (Wildman–Crippen MR) is 193 cm³/mol. The number of nitrogens with zero attached hydrogens (tertiary/aromatic N) is 3. The van der Waals surface area contributed by atoms with Gasteiger partial charge in [0.2, 0.25) is 17.2 Å². The molecular formula is C38H57N5O7. The third-order valence-corrected chi connectivity index (χ3v) is 9.10. The van der Waals surface area contributed by atoms with Gasteiger partial charge in [-0.25, -0.2) is 0 Å². The van der Waals surface area contributed by atoms with Gasteiger partial charge in [0.15, 0.2) is 0 Å². The zero-order valence-electron chi connectivity index (χ0n) is 30.1. The van der Waals surface area contributed by atoms with E-state index in [4.69, 9.17) is 19.5 Å². The number of unbranched alkanes of at least 4 members (excludes halogenated alkanes) is 3. The van der Waals surface area contributed by atoms with E-state index in [2.05, 4.69) is 23.6 Å². The fraction of sp³-hybridized carbons (Fsp3) is 0.658. The Balaban J connectivity index is 1.26. The zero-order chi connectivity index (χ0) is 36.0. The first-order valence-electron chi connectivity index (χ1n) is 18.4. The quantitative estimate of drug-likeness (QED) is 0.152. The molecule has 2 aromatic rings. The van der Waals surface area contributed by atoms with Crippen molar-refractivity contribution in [3.05, 3.63) is 46.2 Å². The molecule has 1 aromatic heterocycles. The van der Waals surface area contributed by atoms with Crippen LogP contribution in [0.3, 0.4) is 0 Å². The van der Waals surface area contributed by atoms with E-state index in [0.717, 1.165) is 69.8 Å². The van der Waals surface area contributed by atoms with Crippen LogP contribution in [0.5, 0.6) is 0 Å². The molecule has 1 aliphatic rings. The Morgan fingerprint density at radius 1 is 0.940 bits per heavy atom. The Morgan fingerprint density at radius 2 is 1.62 bits per heavy atom. The Hall–Kier alpha value is -3.79. The molecule has 0 atom stereocenters. The van der Waals surface area contributed by atoms with Crippen LogP contribution in [0.1, 0.15) is 94.3 Å². The molecule has 0 bridgehead atoms. The molecule has 0 spiro atoms. The average Bonchev–Trinajstić information content (AvgIpc) is 3.12. The molecule has 276 valence electrons. The Morgan fingerprint density at radius 3 is 2.32 bits per heavy atom. The highest BCUT2D eigenvalue weighted by Gasteiger charge is 2.25. The van der Waals surface area contributed by atoms with Crippen molar-refractivity contribution in [1.29, 1.82) is 5.26 Å². The number of pyridine rings is 1. The predicted octanol–water partition coefficient (Wildman–Crippen LogP) is 4.58. The van der Waals surface area contributed by atoms with Crippen molar-refractivity contribution in [1.82, 2.24) is 20.1 Å². The monoisotopic (exact) mass is 695 g/mol. The largest absolute Gasteiger partial charge is 0.379 e. The fourth-order valence-electron chi connectivity index (χ4n) is 6.16. The number of hydrogen-bond donors (Lipinski definition) is 2. The third kappa shape index (κ3) is 14.6. The number of para-hydroxylation sites is 1. The molecule has 3 amide bonds. The number of fused-ring (bicyclic) bond motifs is 1. The summed E-state index contributed by atoms with van der Waals surface area (Å²) < 4.78 is 18.3. The molecule has 1 aliphatic carbocycles. The number of likely N-dealkylation sites (N-methyl/N-ethyl adjacent to an activating group) is 1. The zero-order valence-corrected chi connectivity index (χ0v) is 30.1. The van der Waals surface area contributed by atoms with Crippen molar-refractivity contribution < 1.29 is 28.6 Å². The van der Waals surface area contributed by atoms with Crippen LogP contribution < -0.4 is 16.1 Å². The van der Waals surface area contributed by atoms with Crippen LogP contribution >= 0.6 is 0 Å². The van der Waals surface area contributed by atoms with Gasteiger partial charge in [0.05, 0.1) is 44.6 Å². The lowest BCUT2D eigenvalue weighted by Crippen LogP contribution is -2.40. The molecule has 0 saturated heterocycles. The molecule has 1 aromatic carbocycles. The maximum Gasteiger partial charge on any atom is 0.256 e. The van der Waals surface area contributed by atoms with Crippen molar-refractivity contribution in [3.63, 3.8) is 0 Å². The molecule has 12 heteroatoms. The molecule has 0 unspecified atom stereocenters. The number of nitrogens with one attached hydrogen (secondary N) is 2. The molecule has 2 N–H and O–H groups in total. The molecular weight excluding hydrogens is 638 g/mol. The highest BCUT2D eigenvalue weighted by molar-refractivity contribution is 5.97. The first-order chi connectivity index (χ1) is 24.3. The van der Waals surface area contributed by atoms with Gasteiger partial charge in [-0.15, -0.1) is 0 Å². The van der Waals surface area contributed by atoms with E-state index in [9.17, 15) is 19.2 Å². The maximum absolute atomic E-state index is 13.3. The first-order valence-corrected chi connectivity index (χ1v) is 18.4. The fourth-order valence-corrected chi connectivity index (χ4v) is 6.16. The van der Waals surface area contributed by atoms with E-state index in [1.165, 1.54) is 4.90 Å². The summed E-state index contributed by atoms with van der Waals surface area (Å²) in [4.78, 5) is 53.0. The molecule has 3 rings (SSSR count). The van der Waals surface area contributed by atoms with Gasteiger partial charge in [0, 0.05) is 63.8 Å².